The number of aliphatic hydroxyl groups excluding tert-OH is 2. The SMILES string of the molecule is CCN(Cc1cc(O)c2c(c1OC)C[C@H]1C[C@H]3[C@H](N(C)C)C(=O)C(C(N)=O)=C(O)[C@@]3(O)C(=O)C1=C2O)C1CC1. The van der Waals surface area contributed by atoms with Crippen LogP contribution in [0.15, 0.2) is 23.0 Å². The average Bonchev–Trinajstić information content (AvgIpc) is 3.69. The number of carbonyl (C=O) groups excluding carboxylic acids is 3. The molecule has 5 rings (SSSR count). The summed E-state index contributed by atoms with van der Waals surface area (Å²) in [6.07, 6.45) is 2.44. The summed E-state index contributed by atoms with van der Waals surface area (Å²) in [4.78, 5) is 43.0. The molecule has 4 aliphatic carbocycles. The number of ketones is 2. The topological polar surface area (TPSA) is 174 Å². The van der Waals surface area contributed by atoms with E-state index in [1.54, 1.807) is 14.1 Å². The van der Waals surface area contributed by atoms with Crippen LogP contribution in [-0.4, -0.2) is 93.1 Å². The van der Waals surface area contributed by atoms with Crippen LogP contribution in [0.25, 0.3) is 5.76 Å². The molecule has 1 aromatic rings. The molecule has 210 valence electrons. The number of primary amides is 1. The number of phenolic OH excluding ortho intramolecular Hbond substituents is 1. The highest BCUT2D eigenvalue weighted by Gasteiger charge is 2.64. The van der Waals surface area contributed by atoms with Crippen LogP contribution in [0.3, 0.4) is 0 Å². The summed E-state index contributed by atoms with van der Waals surface area (Å²) in [7, 11) is 4.65. The maximum atomic E-state index is 13.9. The zero-order valence-electron chi connectivity index (χ0n) is 22.5. The number of nitrogens with zero attached hydrogens (tertiary/aromatic N) is 2. The number of aromatic hydroxyl groups is 1. The van der Waals surface area contributed by atoms with Gasteiger partial charge < -0.3 is 30.9 Å². The van der Waals surface area contributed by atoms with Crippen LogP contribution >= 0.6 is 0 Å². The van der Waals surface area contributed by atoms with Crippen molar-refractivity contribution in [1.82, 2.24) is 9.80 Å². The van der Waals surface area contributed by atoms with E-state index < -0.39 is 58.0 Å². The Morgan fingerprint density at radius 2 is 1.87 bits per heavy atom. The minimum atomic E-state index is -2.66. The first-order valence-corrected chi connectivity index (χ1v) is 13.2. The van der Waals surface area contributed by atoms with Gasteiger partial charge in [-0.15, -0.1) is 0 Å². The van der Waals surface area contributed by atoms with Crippen LogP contribution in [0.1, 0.15) is 42.9 Å². The van der Waals surface area contributed by atoms with Crippen molar-refractivity contribution in [2.75, 3.05) is 27.7 Å². The third-order valence-corrected chi connectivity index (χ3v) is 8.79. The molecule has 1 aromatic carbocycles. The summed E-state index contributed by atoms with van der Waals surface area (Å²) in [5, 5.41) is 45.1. The predicted molar refractivity (Wildman–Crippen MR) is 140 cm³/mol. The Morgan fingerprint density at radius 3 is 2.41 bits per heavy atom. The van der Waals surface area contributed by atoms with Crippen molar-refractivity contribution in [2.24, 2.45) is 17.6 Å². The lowest BCUT2D eigenvalue weighted by atomic mass is 9.57. The number of aliphatic hydroxyl groups is 3. The van der Waals surface area contributed by atoms with Crippen LogP contribution in [-0.2, 0) is 27.3 Å². The van der Waals surface area contributed by atoms with Gasteiger partial charge in [0.15, 0.2) is 11.4 Å². The van der Waals surface area contributed by atoms with Gasteiger partial charge in [-0.05, 0) is 58.3 Å². The Kier molecular flexibility index (Phi) is 6.52. The summed E-state index contributed by atoms with van der Waals surface area (Å²) < 4.78 is 5.79. The molecule has 1 amide bonds. The summed E-state index contributed by atoms with van der Waals surface area (Å²) in [5.41, 5.74) is 3.01. The highest BCUT2D eigenvalue weighted by Crippen LogP contribution is 2.54. The maximum Gasteiger partial charge on any atom is 0.255 e. The van der Waals surface area contributed by atoms with E-state index in [0.717, 1.165) is 24.9 Å². The van der Waals surface area contributed by atoms with Crippen LogP contribution in [0.2, 0.25) is 0 Å². The maximum absolute atomic E-state index is 13.9. The Balaban J connectivity index is 1.67. The van der Waals surface area contributed by atoms with Gasteiger partial charge in [-0.2, -0.15) is 0 Å². The van der Waals surface area contributed by atoms with E-state index >= 15 is 0 Å². The van der Waals surface area contributed by atoms with Gasteiger partial charge in [0.2, 0.25) is 5.78 Å². The minimum Gasteiger partial charge on any atom is -0.508 e. The molecule has 4 aliphatic rings. The monoisotopic (exact) mass is 541 g/mol. The summed E-state index contributed by atoms with van der Waals surface area (Å²) >= 11 is 0. The molecule has 11 nitrogen and oxygen atoms in total. The van der Waals surface area contributed by atoms with E-state index in [4.69, 9.17) is 10.5 Å². The van der Waals surface area contributed by atoms with E-state index in [1.165, 1.54) is 18.1 Å². The number of rotatable bonds is 7. The number of hydrogen-bond donors (Lipinski definition) is 5. The summed E-state index contributed by atoms with van der Waals surface area (Å²) in [6, 6.07) is 0.874. The summed E-state index contributed by atoms with van der Waals surface area (Å²) in [5.74, 6) is -6.20. The number of benzene rings is 1. The van der Waals surface area contributed by atoms with E-state index in [1.807, 2.05) is 0 Å². The normalized spacial score (nSPS) is 28.5. The molecular weight excluding hydrogens is 506 g/mol. The van der Waals surface area contributed by atoms with Crippen LogP contribution in [0.5, 0.6) is 11.5 Å². The second kappa shape index (κ2) is 9.35. The molecule has 11 heteroatoms. The van der Waals surface area contributed by atoms with Gasteiger partial charge in [0, 0.05) is 35.2 Å². The Bertz CT molecular complexity index is 1340. The first-order chi connectivity index (χ1) is 18.4. The number of amides is 1. The van der Waals surface area contributed by atoms with Gasteiger partial charge in [-0.25, -0.2) is 0 Å². The van der Waals surface area contributed by atoms with E-state index in [-0.39, 0.29) is 29.7 Å². The summed E-state index contributed by atoms with van der Waals surface area (Å²) in [6.45, 7) is 3.43. The molecule has 0 spiro atoms. The molecule has 0 heterocycles. The number of ether oxygens (including phenoxy) is 1. The molecule has 0 bridgehead atoms. The molecule has 39 heavy (non-hydrogen) atoms. The molecule has 0 saturated heterocycles. The predicted octanol–water partition coefficient (Wildman–Crippen LogP) is 0.957. The smallest absolute Gasteiger partial charge is 0.255 e. The average molecular weight is 542 g/mol. The molecule has 0 aromatic heterocycles. The number of fused-ring (bicyclic) bond motifs is 3. The fourth-order valence-corrected chi connectivity index (χ4v) is 6.89. The van der Waals surface area contributed by atoms with Gasteiger partial charge in [0.1, 0.15) is 28.6 Å². The highest BCUT2D eigenvalue weighted by atomic mass is 16.5. The number of methoxy groups -OCH3 is 1. The molecule has 2 saturated carbocycles. The van der Waals surface area contributed by atoms with E-state index in [2.05, 4.69) is 11.8 Å². The van der Waals surface area contributed by atoms with Crippen molar-refractivity contribution in [3.63, 3.8) is 0 Å². The third kappa shape index (κ3) is 3.86. The fourth-order valence-electron chi connectivity index (χ4n) is 6.89. The number of phenols is 1. The Morgan fingerprint density at radius 1 is 1.21 bits per heavy atom. The Labute approximate surface area is 226 Å². The number of carbonyl (C=O) groups is 3. The number of likely N-dealkylation sites (N-methyl/N-ethyl adjacent to an activating group) is 1. The van der Waals surface area contributed by atoms with Crippen molar-refractivity contribution in [3.05, 3.63) is 39.7 Å². The lowest BCUT2D eigenvalue weighted by Crippen LogP contribution is -2.65. The van der Waals surface area contributed by atoms with Gasteiger partial charge >= 0.3 is 0 Å². The van der Waals surface area contributed by atoms with Crippen molar-refractivity contribution >= 4 is 23.2 Å². The van der Waals surface area contributed by atoms with Gasteiger partial charge in [0.05, 0.1) is 18.7 Å². The minimum absolute atomic E-state index is 0.0290. The second-order valence-corrected chi connectivity index (χ2v) is 11.2. The quantitative estimate of drug-likeness (QED) is 0.313. The lowest BCUT2D eigenvalue weighted by Gasteiger charge is -2.50. The van der Waals surface area contributed by atoms with Crippen molar-refractivity contribution in [2.45, 2.75) is 56.8 Å². The van der Waals surface area contributed by atoms with E-state index in [9.17, 15) is 34.8 Å². The largest absolute Gasteiger partial charge is 0.508 e. The number of nitrogens with two attached hydrogens (primary N) is 1. The van der Waals surface area contributed by atoms with Crippen molar-refractivity contribution < 1.29 is 39.5 Å². The molecular formula is C28H35N3O8. The molecule has 0 unspecified atom stereocenters. The lowest BCUT2D eigenvalue weighted by molar-refractivity contribution is -0.153. The van der Waals surface area contributed by atoms with Gasteiger partial charge in [-0.1, -0.05) is 6.92 Å². The first kappa shape index (κ1) is 27.2. The molecule has 2 fully saturated rings. The standard InChI is InChI=1S/C28H35N3O8/c1-5-31(14-6-7-14)11-13-10-17(32)19-15(24(13)39-4)8-12-9-16-21(30(2)3)23(34)20(27(29)37)26(36)28(16,38)25(35)18(12)22(19)33/h10,12,14,16,21,32-33,36,38H,5-9,11H2,1-4H3,(H2,29,37)/t12-,16-,21-,28-/m0/s1. The fraction of sp³-hybridized carbons (Fsp3) is 0.536. The van der Waals surface area contributed by atoms with Crippen LogP contribution in [0.4, 0.5) is 0 Å². The zero-order chi connectivity index (χ0) is 28.5. The molecule has 0 aliphatic heterocycles. The van der Waals surface area contributed by atoms with Crippen molar-refractivity contribution in [1.29, 1.82) is 0 Å². The van der Waals surface area contributed by atoms with Crippen LogP contribution in [0, 0.1) is 11.8 Å². The highest BCUT2D eigenvalue weighted by molar-refractivity contribution is 6.24. The third-order valence-electron chi connectivity index (χ3n) is 8.79. The van der Waals surface area contributed by atoms with Gasteiger partial charge in [0.25, 0.3) is 5.91 Å². The zero-order valence-corrected chi connectivity index (χ0v) is 22.5. The first-order valence-electron chi connectivity index (χ1n) is 13.2. The molecule has 6 N–H and O–H groups in total. The van der Waals surface area contributed by atoms with Gasteiger partial charge in [-0.3, -0.25) is 24.2 Å². The van der Waals surface area contributed by atoms with E-state index in [0.29, 0.717) is 23.9 Å². The second-order valence-electron chi connectivity index (χ2n) is 11.2. The van der Waals surface area contributed by atoms with Crippen molar-refractivity contribution in [3.8, 4) is 11.5 Å². The molecule has 4 atom stereocenters. The Hall–Kier alpha value is -3.41. The molecule has 0 radical (unpaired) electrons. The van der Waals surface area contributed by atoms with Crippen LogP contribution < -0.4 is 10.5 Å². The number of Topliss-reactive ketones (excluding diaryl/α,β-unsaturated/α-hetero) is 2. The number of hydrogen-bond acceptors (Lipinski definition) is 10.